The van der Waals surface area contributed by atoms with Gasteiger partial charge in [-0.15, -0.1) is 0 Å². The van der Waals surface area contributed by atoms with Crippen LogP contribution in [-0.4, -0.2) is 17.9 Å². The van der Waals surface area contributed by atoms with Crippen LogP contribution in [-0.2, 0) is 4.79 Å². The minimum Gasteiger partial charge on any atom is -0.370 e. The highest BCUT2D eigenvalue weighted by Gasteiger charge is 2.24. The number of hydrogen-bond donors (Lipinski definition) is 2. The van der Waals surface area contributed by atoms with Crippen LogP contribution in [0, 0.1) is 5.92 Å². The normalized spacial score (nSPS) is 33.0. The summed E-state index contributed by atoms with van der Waals surface area (Å²) in [4.78, 5) is 14.9. The zero-order valence-corrected chi connectivity index (χ0v) is 6.09. The number of nitrogens with one attached hydrogen (secondary N) is 1. The molecule has 1 aliphatic rings. The molecule has 2 atom stereocenters. The monoisotopic (exact) mass is 141 g/mol. The third-order valence-corrected chi connectivity index (χ3v) is 1.73. The van der Waals surface area contributed by atoms with E-state index in [9.17, 15) is 4.79 Å². The fourth-order valence-electron chi connectivity index (χ4n) is 0.823. The number of carbonyl (C=O) groups excluding carboxylic acids is 1. The molecule has 0 fully saturated rings. The van der Waals surface area contributed by atoms with E-state index in [-0.39, 0.29) is 23.8 Å². The van der Waals surface area contributed by atoms with Gasteiger partial charge in [-0.25, -0.2) is 4.99 Å². The highest BCUT2D eigenvalue weighted by molar-refractivity contribution is 5.99. The summed E-state index contributed by atoms with van der Waals surface area (Å²) in [5.41, 5.74) is 5.30. The first-order chi connectivity index (χ1) is 4.61. The van der Waals surface area contributed by atoms with Gasteiger partial charge in [-0.3, -0.25) is 10.1 Å². The molecule has 1 rings (SSSR count). The average Bonchev–Trinajstić information content (AvgIpc) is 1.82. The second-order valence-electron chi connectivity index (χ2n) is 2.53. The lowest BCUT2D eigenvalue weighted by molar-refractivity contribution is -0.123. The minimum atomic E-state index is -0.0627. The van der Waals surface area contributed by atoms with Crippen LogP contribution in [0.15, 0.2) is 4.99 Å². The van der Waals surface area contributed by atoms with Gasteiger partial charge in [0.15, 0.2) is 5.96 Å². The first-order valence-electron chi connectivity index (χ1n) is 3.25. The molecule has 0 spiro atoms. The lowest BCUT2D eigenvalue weighted by atomic mass is 10.0. The molecule has 1 amide bonds. The molecule has 0 aromatic carbocycles. The number of amides is 1. The number of aliphatic imine (C=N–C) groups is 1. The number of rotatable bonds is 0. The molecule has 4 heteroatoms. The van der Waals surface area contributed by atoms with E-state index in [0.717, 1.165) is 0 Å². The number of nitrogens with zero attached hydrogens (tertiary/aromatic N) is 1. The maximum Gasteiger partial charge on any atom is 0.231 e. The molecular formula is C6H11N3O. The third-order valence-electron chi connectivity index (χ3n) is 1.73. The molecule has 0 saturated heterocycles. The Morgan fingerprint density at radius 2 is 2.20 bits per heavy atom. The Kier molecular flexibility index (Phi) is 1.61. The predicted molar refractivity (Wildman–Crippen MR) is 38.4 cm³/mol. The molecule has 0 saturated carbocycles. The van der Waals surface area contributed by atoms with Gasteiger partial charge in [0.2, 0.25) is 5.91 Å². The summed E-state index contributed by atoms with van der Waals surface area (Å²) >= 11 is 0. The van der Waals surface area contributed by atoms with Crippen LogP contribution < -0.4 is 11.1 Å². The van der Waals surface area contributed by atoms with Gasteiger partial charge >= 0.3 is 0 Å². The van der Waals surface area contributed by atoms with Gasteiger partial charge in [0.25, 0.3) is 0 Å². The summed E-state index contributed by atoms with van der Waals surface area (Å²) in [5, 5.41) is 2.45. The number of guanidine groups is 1. The van der Waals surface area contributed by atoms with Crippen molar-refractivity contribution in [2.24, 2.45) is 16.6 Å². The maximum atomic E-state index is 10.9. The quantitative estimate of drug-likeness (QED) is 0.475. The highest BCUT2D eigenvalue weighted by atomic mass is 16.2. The number of hydrogen-bond acceptors (Lipinski definition) is 3. The highest BCUT2D eigenvalue weighted by Crippen LogP contribution is 2.09. The van der Waals surface area contributed by atoms with Crippen LogP contribution in [0.25, 0.3) is 0 Å². The Morgan fingerprint density at radius 3 is 2.70 bits per heavy atom. The molecule has 0 radical (unpaired) electrons. The van der Waals surface area contributed by atoms with Crippen LogP contribution in [0.3, 0.4) is 0 Å². The van der Waals surface area contributed by atoms with Gasteiger partial charge in [0, 0.05) is 0 Å². The minimum absolute atomic E-state index is 0.00810. The molecule has 0 aromatic rings. The SMILES string of the molecule is C[C@@H]1N=C(N)NC(=O)[C@H]1C. The van der Waals surface area contributed by atoms with Crippen molar-refractivity contribution in [3.8, 4) is 0 Å². The lowest BCUT2D eigenvalue weighted by Gasteiger charge is -2.21. The summed E-state index contributed by atoms with van der Waals surface area (Å²) < 4.78 is 0. The van der Waals surface area contributed by atoms with Gasteiger partial charge in [-0.2, -0.15) is 0 Å². The Morgan fingerprint density at radius 1 is 1.60 bits per heavy atom. The Bertz CT molecular complexity index is 187. The molecular weight excluding hydrogens is 130 g/mol. The number of nitrogens with two attached hydrogens (primary N) is 1. The third kappa shape index (κ3) is 1.10. The van der Waals surface area contributed by atoms with E-state index >= 15 is 0 Å². The lowest BCUT2D eigenvalue weighted by Crippen LogP contribution is -2.47. The zero-order chi connectivity index (χ0) is 7.72. The summed E-state index contributed by atoms with van der Waals surface area (Å²) in [6.45, 7) is 3.70. The maximum absolute atomic E-state index is 10.9. The van der Waals surface area contributed by atoms with Gasteiger partial charge in [0.1, 0.15) is 0 Å². The topological polar surface area (TPSA) is 67.5 Å². The van der Waals surface area contributed by atoms with Crippen molar-refractivity contribution in [3.05, 3.63) is 0 Å². The molecule has 4 nitrogen and oxygen atoms in total. The Hall–Kier alpha value is -1.06. The van der Waals surface area contributed by atoms with Crippen LogP contribution >= 0.6 is 0 Å². The second-order valence-corrected chi connectivity index (χ2v) is 2.53. The number of carbonyl (C=O) groups is 1. The predicted octanol–water partition coefficient (Wildman–Crippen LogP) is -0.544. The fourth-order valence-corrected chi connectivity index (χ4v) is 0.823. The molecule has 10 heavy (non-hydrogen) atoms. The van der Waals surface area contributed by atoms with Crippen LogP contribution in [0.2, 0.25) is 0 Å². The van der Waals surface area contributed by atoms with Crippen LogP contribution in [0.5, 0.6) is 0 Å². The molecule has 0 unspecified atom stereocenters. The van der Waals surface area contributed by atoms with E-state index in [1.54, 1.807) is 0 Å². The van der Waals surface area contributed by atoms with E-state index in [0.29, 0.717) is 0 Å². The smallest absolute Gasteiger partial charge is 0.231 e. The van der Waals surface area contributed by atoms with E-state index in [4.69, 9.17) is 5.73 Å². The Labute approximate surface area is 59.5 Å². The van der Waals surface area contributed by atoms with E-state index in [2.05, 4.69) is 10.3 Å². The molecule has 0 aromatic heterocycles. The van der Waals surface area contributed by atoms with E-state index in [1.807, 2.05) is 13.8 Å². The van der Waals surface area contributed by atoms with Crippen molar-refractivity contribution in [3.63, 3.8) is 0 Å². The van der Waals surface area contributed by atoms with Gasteiger partial charge in [-0.05, 0) is 6.92 Å². The van der Waals surface area contributed by atoms with Crippen molar-refractivity contribution in [1.82, 2.24) is 5.32 Å². The first-order valence-corrected chi connectivity index (χ1v) is 3.25. The van der Waals surface area contributed by atoms with Crippen molar-refractivity contribution < 1.29 is 4.79 Å². The zero-order valence-electron chi connectivity index (χ0n) is 6.09. The first kappa shape index (κ1) is 7.05. The van der Waals surface area contributed by atoms with Crippen molar-refractivity contribution in [2.45, 2.75) is 19.9 Å². The Balaban J connectivity index is 2.79. The van der Waals surface area contributed by atoms with Gasteiger partial charge < -0.3 is 5.73 Å². The summed E-state index contributed by atoms with van der Waals surface area (Å²) in [5.74, 6) is 0.128. The van der Waals surface area contributed by atoms with Crippen LogP contribution in [0.1, 0.15) is 13.8 Å². The fraction of sp³-hybridized carbons (Fsp3) is 0.667. The average molecular weight is 141 g/mol. The van der Waals surface area contributed by atoms with Gasteiger partial charge in [-0.1, -0.05) is 6.92 Å². The second kappa shape index (κ2) is 2.28. The summed E-state index contributed by atoms with van der Waals surface area (Å²) in [7, 11) is 0. The summed E-state index contributed by atoms with van der Waals surface area (Å²) in [6.07, 6.45) is 0. The van der Waals surface area contributed by atoms with Crippen LogP contribution in [0.4, 0.5) is 0 Å². The molecule has 56 valence electrons. The van der Waals surface area contributed by atoms with Crippen molar-refractivity contribution >= 4 is 11.9 Å². The molecule has 0 aliphatic carbocycles. The van der Waals surface area contributed by atoms with Gasteiger partial charge in [0.05, 0.1) is 12.0 Å². The molecule has 1 aliphatic heterocycles. The molecule has 0 bridgehead atoms. The van der Waals surface area contributed by atoms with Crippen molar-refractivity contribution in [1.29, 1.82) is 0 Å². The molecule has 1 heterocycles. The summed E-state index contributed by atoms with van der Waals surface area (Å²) in [6, 6.07) is 0.00810. The standard InChI is InChI=1S/C6H11N3O/c1-3-4(2)8-6(7)9-5(3)10/h3-4H,1-2H3,(H3,7,8,9,10)/t3-,4-/m0/s1. The van der Waals surface area contributed by atoms with E-state index < -0.39 is 0 Å². The molecule has 3 N–H and O–H groups in total. The van der Waals surface area contributed by atoms with Crippen molar-refractivity contribution in [2.75, 3.05) is 0 Å². The van der Waals surface area contributed by atoms with E-state index in [1.165, 1.54) is 0 Å². The largest absolute Gasteiger partial charge is 0.370 e.